The van der Waals surface area contributed by atoms with E-state index in [9.17, 15) is 9.59 Å². The quantitative estimate of drug-likeness (QED) is 0.516. The van der Waals surface area contributed by atoms with Crippen molar-refractivity contribution in [2.24, 2.45) is 0 Å². The maximum atomic E-state index is 11.3. The Bertz CT molecular complexity index is 238. The van der Waals surface area contributed by atoms with E-state index in [2.05, 4.69) is 10.1 Å². The molecule has 1 unspecified atom stereocenters. The fourth-order valence-corrected chi connectivity index (χ4v) is 2.06. The first-order valence-electron chi connectivity index (χ1n) is 4.33. The van der Waals surface area contributed by atoms with Gasteiger partial charge < -0.3 is 10.1 Å². The third-order valence-electron chi connectivity index (χ3n) is 2.64. The first-order chi connectivity index (χ1) is 6.22. The highest BCUT2D eigenvalue weighted by Gasteiger charge is 2.44. The van der Waals surface area contributed by atoms with Crippen LogP contribution in [-0.4, -0.2) is 49.1 Å². The van der Waals surface area contributed by atoms with Crippen LogP contribution in [0.3, 0.4) is 0 Å². The molecule has 2 fully saturated rings. The summed E-state index contributed by atoms with van der Waals surface area (Å²) in [4.78, 5) is 24.3. The first-order valence-corrected chi connectivity index (χ1v) is 4.33. The van der Waals surface area contributed by atoms with Gasteiger partial charge in [-0.3, -0.25) is 14.5 Å². The van der Waals surface area contributed by atoms with E-state index in [1.165, 1.54) is 7.11 Å². The van der Waals surface area contributed by atoms with Crippen LogP contribution >= 0.6 is 0 Å². The molecule has 3 atom stereocenters. The third-order valence-corrected chi connectivity index (χ3v) is 2.64. The van der Waals surface area contributed by atoms with E-state index < -0.39 is 0 Å². The van der Waals surface area contributed by atoms with Crippen molar-refractivity contribution in [1.29, 1.82) is 0 Å². The average molecular weight is 184 g/mol. The normalized spacial score (nSPS) is 37.0. The smallest absolute Gasteiger partial charge is 0.325 e. The number of carbonyl (C=O) groups is 2. The minimum atomic E-state index is -0.261. The van der Waals surface area contributed by atoms with Gasteiger partial charge in [-0.15, -0.1) is 0 Å². The summed E-state index contributed by atoms with van der Waals surface area (Å²) in [6.07, 6.45) is 0.839. The molecule has 1 N–H and O–H groups in total. The molecular formula is C8H12N2O3. The molecule has 13 heavy (non-hydrogen) atoms. The lowest BCUT2D eigenvalue weighted by Crippen LogP contribution is -2.57. The minimum Gasteiger partial charge on any atom is -0.468 e. The number of amides is 1. The van der Waals surface area contributed by atoms with Gasteiger partial charge in [0.1, 0.15) is 6.04 Å². The highest BCUT2D eigenvalue weighted by molar-refractivity contribution is 5.85. The second-order valence-corrected chi connectivity index (χ2v) is 3.40. The Morgan fingerprint density at radius 2 is 2.46 bits per heavy atom. The van der Waals surface area contributed by atoms with Crippen LogP contribution in [0, 0.1) is 0 Å². The highest BCUT2D eigenvalue weighted by atomic mass is 16.5. The molecule has 0 aromatic heterocycles. The molecular weight excluding hydrogens is 172 g/mol. The molecule has 1 amide bonds. The molecule has 0 aromatic rings. The summed E-state index contributed by atoms with van der Waals surface area (Å²) in [7, 11) is 1.37. The van der Waals surface area contributed by atoms with Crippen molar-refractivity contribution >= 4 is 11.9 Å². The Balaban J connectivity index is 2.14. The Hall–Kier alpha value is -1.10. The molecule has 0 radical (unpaired) electrons. The fraction of sp³-hybridized carbons (Fsp3) is 0.750. The van der Waals surface area contributed by atoms with Crippen molar-refractivity contribution in [3.63, 3.8) is 0 Å². The van der Waals surface area contributed by atoms with Crippen LogP contribution in [0.25, 0.3) is 0 Å². The summed E-state index contributed by atoms with van der Waals surface area (Å²) in [6.45, 7) is 1.11. The maximum absolute atomic E-state index is 11.3. The van der Waals surface area contributed by atoms with E-state index in [1.807, 2.05) is 4.90 Å². The zero-order valence-corrected chi connectivity index (χ0v) is 7.45. The molecule has 2 aliphatic rings. The van der Waals surface area contributed by atoms with Crippen LogP contribution in [0.2, 0.25) is 0 Å². The van der Waals surface area contributed by atoms with Crippen LogP contribution in [-0.2, 0) is 14.3 Å². The molecule has 5 heteroatoms. The zero-order chi connectivity index (χ0) is 9.42. The van der Waals surface area contributed by atoms with E-state index in [0.29, 0.717) is 6.54 Å². The lowest BCUT2D eigenvalue weighted by molar-refractivity contribution is -0.148. The minimum absolute atomic E-state index is 0.00246. The van der Waals surface area contributed by atoms with Gasteiger partial charge in [-0.05, 0) is 6.42 Å². The number of nitrogens with zero attached hydrogens (tertiary/aromatic N) is 1. The standard InChI is InChI=1S/C8H12N2O3/c1-13-8(12)7-5-2-3-10(7)4-6(11)9-5/h5,7H,2-4H2,1H3,(H,9,11)/t5-,7+/m0/s1. The van der Waals surface area contributed by atoms with E-state index in [1.54, 1.807) is 0 Å². The molecule has 72 valence electrons. The number of methoxy groups -OCH3 is 1. The summed E-state index contributed by atoms with van der Waals surface area (Å²) >= 11 is 0. The Morgan fingerprint density at radius 1 is 1.69 bits per heavy atom. The highest BCUT2D eigenvalue weighted by Crippen LogP contribution is 2.22. The topological polar surface area (TPSA) is 58.6 Å². The van der Waals surface area contributed by atoms with E-state index in [4.69, 9.17) is 0 Å². The van der Waals surface area contributed by atoms with Crippen molar-refractivity contribution < 1.29 is 14.3 Å². The van der Waals surface area contributed by atoms with Gasteiger partial charge >= 0.3 is 5.97 Å². The number of carbonyl (C=O) groups excluding carboxylic acids is 2. The number of piperazine rings is 1. The summed E-state index contributed by atoms with van der Waals surface area (Å²) in [5.74, 6) is -0.245. The van der Waals surface area contributed by atoms with Crippen molar-refractivity contribution in [3.05, 3.63) is 0 Å². The fourth-order valence-electron chi connectivity index (χ4n) is 2.06. The summed E-state index contributed by atoms with van der Waals surface area (Å²) < 4.78 is 4.67. The van der Waals surface area contributed by atoms with Crippen molar-refractivity contribution in [2.45, 2.75) is 18.5 Å². The van der Waals surface area contributed by atoms with Gasteiger partial charge in [0.05, 0.1) is 19.7 Å². The molecule has 0 spiro atoms. The van der Waals surface area contributed by atoms with Crippen molar-refractivity contribution in [1.82, 2.24) is 10.2 Å². The summed E-state index contributed by atoms with van der Waals surface area (Å²) in [5.41, 5.74) is 0. The summed E-state index contributed by atoms with van der Waals surface area (Å²) in [5, 5.41) is 2.79. The van der Waals surface area contributed by atoms with Gasteiger partial charge in [0.15, 0.2) is 0 Å². The van der Waals surface area contributed by atoms with E-state index >= 15 is 0 Å². The molecule has 2 bridgehead atoms. The van der Waals surface area contributed by atoms with Crippen molar-refractivity contribution in [2.75, 3.05) is 20.2 Å². The van der Waals surface area contributed by atoms with E-state index in [-0.39, 0.29) is 24.0 Å². The van der Waals surface area contributed by atoms with Gasteiger partial charge in [0, 0.05) is 6.54 Å². The number of nitrogens with one attached hydrogen (secondary N) is 1. The Kier molecular flexibility index (Phi) is 1.95. The number of esters is 1. The Morgan fingerprint density at radius 3 is 3.08 bits per heavy atom. The zero-order valence-electron chi connectivity index (χ0n) is 7.45. The second kappa shape index (κ2) is 2.99. The molecule has 0 aliphatic carbocycles. The second-order valence-electron chi connectivity index (χ2n) is 3.40. The predicted octanol–water partition coefficient (Wildman–Crippen LogP) is -1.27. The average Bonchev–Trinajstić information content (AvgIpc) is 2.37. The van der Waals surface area contributed by atoms with Crippen LogP contribution < -0.4 is 5.32 Å². The lowest BCUT2D eigenvalue weighted by atomic mass is 10.1. The number of hydrogen-bond acceptors (Lipinski definition) is 4. The monoisotopic (exact) mass is 184 g/mol. The molecule has 2 saturated heterocycles. The van der Waals surface area contributed by atoms with Crippen LogP contribution in [0.5, 0.6) is 0 Å². The molecule has 0 saturated carbocycles. The molecule has 5 nitrogen and oxygen atoms in total. The molecule has 0 aromatic carbocycles. The largest absolute Gasteiger partial charge is 0.468 e. The van der Waals surface area contributed by atoms with Crippen LogP contribution in [0.15, 0.2) is 0 Å². The lowest BCUT2D eigenvalue weighted by Gasteiger charge is -2.30. The van der Waals surface area contributed by atoms with E-state index in [0.717, 1.165) is 13.0 Å². The SMILES string of the molecule is COC(=O)[C@H]1[C@@H]2CCN1CC(=O)N2. The number of hydrogen-bond donors (Lipinski definition) is 1. The van der Waals surface area contributed by atoms with Crippen molar-refractivity contribution in [3.8, 4) is 0 Å². The predicted molar refractivity (Wildman–Crippen MR) is 43.9 cm³/mol. The van der Waals surface area contributed by atoms with Gasteiger partial charge in [-0.25, -0.2) is 0 Å². The van der Waals surface area contributed by atoms with Gasteiger partial charge in [0.2, 0.25) is 5.91 Å². The number of rotatable bonds is 1. The molecule has 2 heterocycles. The van der Waals surface area contributed by atoms with Crippen LogP contribution in [0.4, 0.5) is 0 Å². The van der Waals surface area contributed by atoms with Crippen LogP contribution in [0.1, 0.15) is 6.42 Å². The molecule has 2 aliphatic heterocycles. The summed E-state index contributed by atoms with van der Waals surface area (Å²) in [6, 6.07) is -0.309. The first kappa shape index (κ1) is 8.50. The van der Waals surface area contributed by atoms with Gasteiger partial charge in [-0.1, -0.05) is 0 Å². The van der Waals surface area contributed by atoms with Gasteiger partial charge in [0.25, 0.3) is 0 Å². The number of fused-ring (bicyclic) bond motifs is 2. The Labute approximate surface area is 76.0 Å². The molecule has 2 rings (SSSR count). The number of ether oxygens (including phenoxy) is 1. The maximum Gasteiger partial charge on any atom is 0.325 e. The third kappa shape index (κ3) is 1.29. The van der Waals surface area contributed by atoms with Gasteiger partial charge in [-0.2, -0.15) is 0 Å².